The third kappa shape index (κ3) is 4.80. The van der Waals surface area contributed by atoms with E-state index in [1.807, 2.05) is 66.1 Å². The number of carbonyl (C=O) groups is 1. The minimum absolute atomic E-state index is 0.137. The summed E-state index contributed by atoms with van der Waals surface area (Å²) in [6, 6.07) is 19.0. The lowest BCUT2D eigenvalue weighted by atomic mass is 10.1. The first-order chi connectivity index (χ1) is 15.2. The average Bonchev–Trinajstić information content (AvgIpc) is 3.46. The number of aryl methyl sites for hydroxylation is 1. The van der Waals surface area contributed by atoms with E-state index >= 15 is 0 Å². The zero-order chi connectivity index (χ0) is 21.6. The standard InChI is InChI=1S/C23H22N4O3S/c1-16-25-26-23(27(16)20-7-3-4-8-21(20)29-2)31-15-17-9-11-18(12-10-17)22(28)24-14-19-6-5-13-30-19/h3-13H,14-15H2,1-2H3,(H,24,28). The molecule has 1 amide bonds. The molecule has 0 atom stereocenters. The SMILES string of the molecule is COc1ccccc1-n1c(C)nnc1SCc1ccc(C(=O)NCc2ccco2)cc1. The Bertz CT molecular complexity index is 1150. The van der Waals surface area contributed by atoms with Crippen molar-refractivity contribution in [2.24, 2.45) is 0 Å². The molecule has 0 saturated carbocycles. The van der Waals surface area contributed by atoms with Crippen molar-refractivity contribution in [3.05, 3.63) is 89.6 Å². The molecule has 2 aromatic heterocycles. The van der Waals surface area contributed by atoms with E-state index < -0.39 is 0 Å². The highest BCUT2D eigenvalue weighted by Gasteiger charge is 2.15. The molecule has 2 aromatic carbocycles. The van der Waals surface area contributed by atoms with Gasteiger partial charge in [-0.15, -0.1) is 10.2 Å². The Hall–Kier alpha value is -3.52. The predicted octanol–water partition coefficient (Wildman–Crippen LogP) is 4.40. The molecule has 0 aliphatic heterocycles. The summed E-state index contributed by atoms with van der Waals surface area (Å²) in [5.74, 6) is 2.83. The Labute approximate surface area is 184 Å². The number of hydrogen-bond donors (Lipinski definition) is 1. The predicted molar refractivity (Wildman–Crippen MR) is 119 cm³/mol. The smallest absolute Gasteiger partial charge is 0.251 e. The van der Waals surface area contributed by atoms with Crippen LogP contribution in [0, 0.1) is 6.92 Å². The zero-order valence-corrected chi connectivity index (χ0v) is 18.1. The Morgan fingerprint density at radius 3 is 2.65 bits per heavy atom. The second kappa shape index (κ2) is 9.53. The van der Waals surface area contributed by atoms with Gasteiger partial charge in [-0.05, 0) is 48.9 Å². The molecule has 0 spiro atoms. The molecule has 0 saturated heterocycles. The van der Waals surface area contributed by atoms with Crippen LogP contribution >= 0.6 is 11.8 Å². The van der Waals surface area contributed by atoms with Gasteiger partial charge in [-0.3, -0.25) is 9.36 Å². The molecule has 0 radical (unpaired) electrons. The summed E-state index contributed by atoms with van der Waals surface area (Å²) in [5, 5.41) is 12.2. The fraction of sp³-hybridized carbons (Fsp3) is 0.174. The number of thioether (sulfide) groups is 1. The number of amides is 1. The van der Waals surface area contributed by atoms with Gasteiger partial charge in [-0.2, -0.15) is 0 Å². The molecule has 0 unspecified atom stereocenters. The largest absolute Gasteiger partial charge is 0.495 e. The van der Waals surface area contributed by atoms with Gasteiger partial charge in [0.05, 0.1) is 25.6 Å². The fourth-order valence-electron chi connectivity index (χ4n) is 3.11. The molecule has 4 rings (SSSR count). The minimum atomic E-state index is -0.137. The summed E-state index contributed by atoms with van der Waals surface area (Å²) in [4.78, 5) is 12.3. The van der Waals surface area contributed by atoms with Gasteiger partial charge in [0.2, 0.25) is 0 Å². The molecule has 0 aliphatic carbocycles. The van der Waals surface area contributed by atoms with E-state index in [9.17, 15) is 4.79 Å². The van der Waals surface area contributed by atoms with Gasteiger partial charge < -0.3 is 14.5 Å². The highest BCUT2D eigenvalue weighted by Crippen LogP contribution is 2.29. The molecule has 0 bridgehead atoms. The van der Waals surface area contributed by atoms with Crippen molar-refractivity contribution < 1.29 is 13.9 Å². The molecule has 0 aliphatic rings. The van der Waals surface area contributed by atoms with Crippen molar-refractivity contribution in [1.82, 2.24) is 20.1 Å². The lowest BCUT2D eigenvalue weighted by molar-refractivity contribution is 0.0948. The van der Waals surface area contributed by atoms with Crippen molar-refractivity contribution in [3.63, 3.8) is 0 Å². The van der Waals surface area contributed by atoms with Crippen molar-refractivity contribution in [3.8, 4) is 11.4 Å². The van der Waals surface area contributed by atoms with Crippen LogP contribution < -0.4 is 10.1 Å². The number of ether oxygens (including phenoxy) is 1. The second-order valence-corrected chi connectivity index (χ2v) is 7.73. The van der Waals surface area contributed by atoms with Crippen molar-refractivity contribution in [1.29, 1.82) is 0 Å². The number of benzene rings is 2. The van der Waals surface area contributed by atoms with Crippen LogP contribution in [-0.2, 0) is 12.3 Å². The molecule has 1 N–H and O–H groups in total. The van der Waals surface area contributed by atoms with Crippen LogP contribution in [-0.4, -0.2) is 27.8 Å². The fourth-order valence-corrected chi connectivity index (χ4v) is 4.06. The number of hydrogen-bond acceptors (Lipinski definition) is 6. The number of rotatable bonds is 8. The van der Waals surface area contributed by atoms with Crippen LogP contribution in [0.25, 0.3) is 5.69 Å². The van der Waals surface area contributed by atoms with Gasteiger partial charge >= 0.3 is 0 Å². The third-order valence-corrected chi connectivity index (χ3v) is 5.71. The minimum Gasteiger partial charge on any atom is -0.495 e. The van der Waals surface area contributed by atoms with E-state index in [-0.39, 0.29) is 5.91 Å². The number of carbonyl (C=O) groups excluding carboxylic acids is 1. The van der Waals surface area contributed by atoms with Crippen LogP contribution in [0.5, 0.6) is 5.75 Å². The summed E-state index contributed by atoms with van der Waals surface area (Å²) in [6.45, 7) is 2.28. The maximum Gasteiger partial charge on any atom is 0.251 e. The normalized spacial score (nSPS) is 10.8. The molecular weight excluding hydrogens is 412 g/mol. The number of nitrogens with one attached hydrogen (secondary N) is 1. The number of furan rings is 1. The van der Waals surface area contributed by atoms with Crippen LogP contribution in [0.1, 0.15) is 27.5 Å². The van der Waals surface area contributed by atoms with E-state index in [1.54, 1.807) is 31.2 Å². The summed E-state index contributed by atoms with van der Waals surface area (Å²) in [5.41, 5.74) is 2.59. The van der Waals surface area contributed by atoms with Crippen LogP contribution in [0.4, 0.5) is 0 Å². The number of aromatic nitrogens is 3. The van der Waals surface area contributed by atoms with Crippen LogP contribution in [0.3, 0.4) is 0 Å². The molecular formula is C23H22N4O3S. The van der Waals surface area contributed by atoms with Crippen LogP contribution in [0.2, 0.25) is 0 Å². The van der Waals surface area contributed by atoms with Gasteiger partial charge in [-0.1, -0.05) is 36.0 Å². The summed E-state index contributed by atoms with van der Waals surface area (Å²) in [6.07, 6.45) is 1.59. The zero-order valence-electron chi connectivity index (χ0n) is 17.2. The highest BCUT2D eigenvalue weighted by atomic mass is 32.2. The first kappa shape index (κ1) is 20.7. The third-order valence-electron chi connectivity index (χ3n) is 4.71. The number of nitrogens with zero attached hydrogens (tertiary/aromatic N) is 3. The van der Waals surface area contributed by atoms with E-state index in [2.05, 4.69) is 15.5 Å². The topological polar surface area (TPSA) is 82.2 Å². The Morgan fingerprint density at radius 1 is 1.10 bits per heavy atom. The summed E-state index contributed by atoms with van der Waals surface area (Å²) in [7, 11) is 1.65. The highest BCUT2D eigenvalue weighted by molar-refractivity contribution is 7.98. The monoisotopic (exact) mass is 434 g/mol. The first-order valence-electron chi connectivity index (χ1n) is 9.73. The molecule has 158 valence electrons. The molecule has 7 nitrogen and oxygen atoms in total. The Kier molecular flexibility index (Phi) is 6.37. The van der Waals surface area contributed by atoms with E-state index in [1.165, 1.54) is 0 Å². The van der Waals surface area contributed by atoms with E-state index in [0.717, 1.165) is 33.7 Å². The van der Waals surface area contributed by atoms with Crippen LogP contribution in [0.15, 0.2) is 76.5 Å². The van der Waals surface area contributed by atoms with Gasteiger partial charge in [0.15, 0.2) is 5.16 Å². The summed E-state index contributed by atoms with van der Waals surface area (Å²) >= 11 is 1.58. The van der Waals surface area contributed by atoms with Crippen molar-refractivity contribution in [2.45, 2.75) is 24.4 Å². The average molecular weight is 435 g/mol. The maximum atomic E-state index is 12.3. The van der Waals surface area contributed by atoms with Crippen molar-refractivity contribution in [2.75, 3.05) is 7.11 Å². The molecule has 8 heteroatoms. The quantitative estimate of drug-likeness (QED) is 0.414. The van der Waals surface area contributed by atoms with Gasteiger partial charge in [0, 0.05) is 11.3 Å². The number of para-hydroxylation sites is 2. The second-order valence-electron chi connectivity index (χ2n) is 6.78. The first-order valence-corrected chi connectivity index (χ1v) is 10.7. The van der Waals surface area contributed by atoms with Gasteiger partial charge in [-0.25, -0.2) is 0 Å². The molecule has 0 fully saturated rings. The van der Waals surface area contributed by atoms with E-state index in [0.29, 0.717) is 17.9 Å². The Balaban J connectivity index is 1.42. The molecule has 31 heavy (non-hydrogen) atoms. The number of methoxy groups -OCH3 is 1. The lowest BCUT2D eigenvalue weighted by Gasteiger charge is -2.12. The van der Waals surface area contributed by atoms with Gasteiger partial charge in [0.25, 0.3) is 5.91 Å². The molecule has 2 heterocycles. The van der Waals surface area contributed by atoms with Crippen molar-refractivity contribution >= 4 is 17.7 Å². The maximum absolute atomic E-state index is 12.3. The summed E-state index contributed by atoms with van der Waals surface area (Å²) < 4.78 is 12.7. The van der Waals surface area contributed by atoms with E-state index in [4.69, 9.17) is 9.15 Å². The molecule has 4 aromatic rings. The Morgan fingerprint density at radius 2 is 1.90 bits per heavy atom. The van der Waals surface area contributed by atoms with Gasteiger partial charge in [0.1, 0.15) is 17.3 Å². The lowest BCUT2D eigenvalue weighted by Crippen LogP contribution is -2.22.